The summed E-state index contributed by atoms with van der Waals surface area (Å²) >= 11 is 8.21. The first-order valence-electron chi connectivity index (χ1n) is 6.11. The predicted molar refractivity (Wildman–Crippen MR) is 81.0 cm³/mol. The maximum Gasteiger partial charge on any atom is 0.237 e. The lowest BCUT2D eigenvalue weighted by molar-refractivity contribution is -0.133. The van der Waals surface area contributed by atoms with E-state index in [1.807, 2.05) is 27.7 Å². The average Bonchev–Trinajstić information content (AvgIpc) is 2.23. The fraction of sp³-hybridized carbons (Fsp3) is 0.833. The van der Waals surface area contributed by atoms with Gasteiger partial charge in [-0.2, -0.15) is 25.3 Å². The highest BCUT2D eigenvalue weighted by Gasteiger charge is 2.30. The molecule has 0 aromatic rings. The second-order valence-electron chi connectivity index (χ2n) is 5.32. The fourth-order valence-corrected chi connectivity index (χ4v) is 2.05. The summed E-state index contributed by atoms with van der Waals surface area (Å²) in [7, 11) is 0. The molecule has 0 aromatic carbocycles. The number of thiol groups is 2. The Kier molecular flexibility index (Phi) is 7.78. The van der Waals surface area contributed by atoms with Crippen LogP contribution in [0.15, 0.2) is 0 Å². The molecule has 2 amide bonds. The molecule has 0 saturated carbocycles. The molecule has 0 aliphatic rings. The first-order valence-corrected chi connectivity index (χ1v) is 7.14. The van der Waals surface area contributed by atoms with Gasteiger partial charge >= 0.3 is 0 Å². The van der Waals surface area contributed by atoms with E-state index in [0.717, 1.165) is 0 Å². The van der Waals surface area contributed by atoms with Crippen LogP contribution in [0.25, 0.3) is 0 Å². The maximum atomic E-state index is 12.3. The van der Waals surface area contributed by atoms with Crippen molar-refractivity contribution in [2.75, 3.05) is 13.1 Å². The van der Waals surface area contributed by atoms with E-state index in [9.17, 15) is 9.59 Å². The van der Waals surface area contributed by atoms with E-state index in [-0.39, 0.29) is 5.91 Å². The molecule has 0 bridgehead atoms. The summed E-state index contributed by atoms with van der Waals surface area (Å²) in [6, 6.07) is 0. The van der Waals surface area contributed by atoms with E-state index in [2.05, 4.69) is 25.3 Å². The molecule has 0 aliphatic carbocycles. The lowest BCUT2D eigenvalue weighted by Crippen LogP contribution is -2.47. The molecule has 0 saturated heterocycles. The summed E-state index contributed by atoms with van der Waals surface area (Å²) in [4.78, 5) is 25.0. The van der Waals surface area contributed by atoms with E-state index in [0.29, 0.717) is 24.9 Å². The lowest BCUT2D eigenvalue weighted by Gasteiger charge is -2.29. The summed E-state index contributed by atoms with van der Waals surface area (Å²) in [6.45, 7) is 9.46. The molecule has 4 nitrogen and oxygen atoms in total. The number of primary amides is 1. The number of hydrogen-bond donors (Lipinski definition) is 3. The van der Waals surface area contributed by atoms with Crippen molar-refractivity contribution in [2.45, 2.75) is 38.2 Å². The first kappa shape index (κ1) is 17.6. The number of nitrogens with two attached hydrogens (primary N) is 1. The molecule has 0 rings (SSSR count). The number of amides is 2. The average molecular weight is 292 g/mol. The van der Waals surface area contributed by atoms with E-state index < -0.39 is 16.4 Å². The van der Waals surface area contributed by atoms with Crippen molar-refractivity contribution in [1.82, 2.24) is 4.90 Å². The zero-order valence-electron chi connectivity index (χ0n) is 11.5. The Bertz CT molecular complexity index is 286. The van der Waals surface area contributed by atoms with Crippen LogP contribution < -0.4 is 5.73 Å². The summed E-state index contributed by atoms with van der Waals surface area (Å²) < 4.78 is 0. The van der Waals surface area contributed by atoms with Gasteiger partial charge in [-0.05, 0) is 11.8 Å². The molecule has 0 spiro atoms. The molecule has 106 valence electrons. The van der Waals surface area contributed by atoms with Crippen LogP contribution in [0.4, 0.5) is 0 Å². The molecule has 0 radical (unpaired) electrons. The molecule has 2 N–H and O–H groups in total. The third-order valence-corrected chi connectivity index (χ3v) is 3.63. The third-order valence-electron chi connectivity index (χ3n) is 2.33. The van der Waals surface area contributed by atoms with Crippen LogP contribution in [0.3, 0.4) is 0 Å². The molecule has 0 heterocycles. The van der Waals surface area contributed by atoms with Gasteiger partial charge in [-0.25, -0.2) is 0 Å². The first-order chi connectivity index (χ1) is 8.16. The monoisotopic (exact) mass is 292 g/mol. The minimum atomic E-state index is -0.859. The van der Waals surface area contributed by atoms with Crippen LogP contribution in [0, 0.1) is 11.8 Å². The molecule has 0 fully saturated rings. The van der Waals surface area contributed by atoms with Gasteiger partial charge in [0, 0.05) is 13.1 Å². The highest BCUT2D eigenvalue weighted by molar-refractivity contribution is 7.86. The SMILES string of the molecule is CC(C)CN(CC(C)C)C(=O)C(S)C(S)C(N)=O. The van der Waals surface area contributed by atoms with Gasteiger partial charge in [-0.3, -0.25) is 9.59 Å². The molecular formula is C12H24N2O2S2. The van der Waals surface area contributed by atoms with Crippen LogP contribution in [-0.4, -0.2) is 40.3 Å². The van der Waals surface area contributed by atoms with Gasteiger partial charge in [-0.1, -0.05) is 27.7 Å². The summed E-state index contributed by atoms with van der Waals surface area (Å²) in [5, 5.41) is -1.65. The Hall–Kier alpha value is -0.360. The van der Waals surface area contributed by atoms with E-state index in [4.69, 9.17) is 5.73 Å². The topological polar surface area (TPSA) is 63.4 Å². The summed E-state index contributed by atoms with van der Waals surface area (Å²) in [6.07, 6.45) is 0. The maximum absolute atomic E-state index is 12.3. The number of hydrogen-bond acceptors (Lipinski definition) is 4. The van der Waals surface area contributed by atoms with Crippen LogP contribution >= 0.6 is 25.3 Å². The van der Waals surface area contributed by atoms with Crippen LogP contribution in [0.2, 0.25) is 0 Å². The predicted octanol–water partition coefficient (Wildman–Crippen LogP) is 1.21. The molecule has 0 aliphatic heterocycles. The van der Waals surface area contributed by atoms with Crippen molar-refractivity contribution >= 4 is 37.1 Å². The molecule has 0 aromatic heterocycles. The Morgan fingerprint density at radius 3 is 1.67 bits per heavy atom. The van der Waals surface area contributed by atoms with E-state index in [1.54, 1.807) is 4.90 Å². The van der Waals surface area contributed by atoms with Gasteiger partial charge < -0.3 is 10.6 Å². The van der Waals surface area contributed by atoms with Crippen LogP contribution in [0.5, 0.6) is 0 Å². The van der Waals surface area contributed by atoms with Crippen molar-refractivity contribution in [2.24, 2.45) is 17.6 Å². The number of carbonyl (C=O) groups is 2. The van der Waals surface area contributed by atoms with Gasteiger partial charge in [0.2, 0.25) is 11.8 Å². The standard InChI is InChI=1S/C12H24N2O2S2/c1-7(2)5-14(6-8(3)4)12(16)10(18)9(17)11(13)15/h7-10,17-18H,5-6H2,1-4H3,(H2,13,15). The molecular weight excluding hydrogens is 268 g/mol. The lowest BCUT2D eigenvalue weighted by atomic mass is 10.1. The summed E-state index contributed by atoms with van der Waals surface area (Å²) in [5.74, 6) is -0.0828. The zero-order valence-corrected chi connectivity index (χ0v) is 13.2. The van der Waals surface area contributed by atoms with Crippen molar-refractivity contribution in [1.29, 1.82) is 0 Å². The normalized spacial score (nSPS) is 14.7. The van der Waals surface area contributed by atoms with Gasteiger partial charge in [0.15, 0.2) is 0 Å². The quantitative estimate of drug-likeness (QED) is 0.618. The molecule has 2 unspecified atom stereocenters. The van der Waals surface area contributed by atoms with E-state index >= 15 is 0 Å². The number of nitrogens with zero attached hydrogens (tertiary/aromatic N) is 1. The second-order valence-corrected chi connectivity index (χ2v) is 6.44. The second kappa shape index (κ2) is 7.94. The summed E-state index contributed by atoms with van der Waals surface area (Å²) in [5.41, 5.74) is 5.14. The molecule has 6 heteroatoms. The largest absolute Gasteiger partial charge is 0.369 e. The van der Waals surface area contributed by atoms with Gasteiger partial charge in [0.1, 0.15) is 10.5 Å². The van der Waals surface area contributed by atoms with Crippen LogP contribution in [0.1, 0.15) is 27.7 Å². The number of carbonyl (C=O) groups excluding carboxylic acids is 2. The van der Waals surface area contributed by atoms with Crippen molar-refractivity contribution in [3.05, 3.63) is 0 Å². The Labute approximate surface area is 120 Å². The highest BCUT2D eigenvalue weighted by atomic mass is 32.1. The van der Waals surface area contributed by atoms with Gasteiger partial charge in [-0.15, -0.1) is 0 Å². The zero-order chi connectivity index (χ0) is 14.5. The van der Waals surface area contributed by atoms with Crippen molar-refractivity contribution in [3.8, 4) is 0 Å². The third kappa shape index (κ3) is 6.00. The van der Waals surface area contributed by atoms with Crippen molar-refractivity contribution in [3.63, 3.8) is 0 Å². The van der Waals surface area contributed by atoms with Gasteiger partial charge in [0.25, 0.3) is 0 Å². The minimum Gasteiger partial charge on any atom is -0.369 e. The fourth-order valence-electron chi connectivity index (χ4n) is 1.61. The smallest absolute Gasteiger partial charge is 0.237 e. The number of rotatable bonds is 7. The Balaban J connectivity index is 4.77. The Morgan fingerprint density at radius 1 is 1.00 bits per heavy atom. The minimum absolute atomic E-state index is 0.181. The molecule has 18 heavy (non-hydrogen) atoms. The van der Waals surface area contributed by atoms with Crippen molar-refractivity contribution < 1.29 is 9.59 Å². The molecule has 2 atom stereocenters. The highest BCUT2D eigenvalue weighted by Crippen LogP contribution is 2.15. The Morgan fingerprint density at radius 2 is 1.39 bits per heavy atom. The van der Waals surface area contributed by atoms with Gasteiger partial charge in [0.05, 0.1) is 0 Å². The van der Waals surface area contributed by atoms with Crippen LogP contribution in [-0.2, 0) is 9.59 Å². The van der Waals surface area contributed by atoms with E-state index in [1.165, 1.54) is 0 Å².